The van der Waals surface area contributed by atoms with Gasteiger partial charge in [0, 0.05) is 18.5 Å². The van der Waals surface area contributed by atoms with E-state index in [2.05, 4.69) is 15.3 Å². The summed E-state index contributed by atoms with van der Waals surface area (Å²) in [6, 6.07) is 2.86. The second kappa shape index (κ2) is 5.25. The van der Waals surface area contributed by atoms with Gasteiger partial charge in [0.25, 0.3) is 11.6 Å². The molecule has 0 aliphatic rings. The van der Waals surface area contributed by atoms with Crippen LogP contribution in [0.15, 0.2) is 30.6 Å². The summed E-state index contributed by atoms with van der Waals surface area (Å²) in [7, 11) is 0. The Morgan fingerprint density at radius 2 is 2.32 bits per heavy atom. The minimum absolute atomic E-state index is 0.113. The molecule has 0 saturated carbocycles. The van der Waals surface area contributed by atoms with E-state index in [1.165, 1.54) is 6.20 Å². The van der Waals surface area contributed by atoms with Crippen LogP contribution >= 0.6 is 0 Å². The number of halogens is 1. The number of rotatable bonds is 4. The molecule has 98 valence electrons. The largest absolute Gasteiger partial charge is 0.347 e. The molecule has 0 fully saturated rings. The fourth-order valence-electron chi connectivity index (χ4n) is 1.46. The third kappa shape index (κ3) is 2.92. The number of hydrogen-bond donors (Lipinski definition) is 2. The molecule has 2 aromatic rings. The number of imidazole rings is 1. The van der Waals surface area contributed by atoms with Gasteiger partial charge in [0.2, 0.25) is 0 Å². The first-order chi connectivity index (χ1) is 9.08. The number of aromatic nitrogens is 2. The lowest BCUT2D eigenvalue weighted by Gasteiger charge is -2.04. The monoisotopic (exact) mass is 264 g/mol. The zero-order chi connectivity index (χ0) is 13.8. The van der Waals surface area contributed by atoms with Crippen LogP contribution < -0.4 is 5.32 Å². The average Bonchev–Trinajstić information content (AvgIpc) is 2.88. The van der Waals surface area contributed by atoms with Crippen molar-refractivity contribution >= 4 is 11.6 Å². The maximum absolute atomic E-state index is 13.5. The van der Waals surface area contributed by atoms with Crippen LogP contribution in [-0.2, 0) is 6.54 Å². The quantitative estimate of drug-likeness (QED) is 0.643. The fraction of sp³-hybridized carbons (Fsp3) is 0.0909. The predicted octanol–water partition coefficient (Wildman–Crippen LogP) is 1.39. The topological polar surface area (TPSA) is 101 Å². The minimum atomic E-state index is -0.939. The summed E-state index contributed by atoms with van der Waals surface area (Å²) in [5.74, 6) is -1.08. The Labute approximate surface area is 106 Å². The van der Waals surface area contributed by atoms with E-state index in [-0.39, 0.29) is 12.1 Å². The molecule has 0 unspecified atom stereocenters. The maximum atomic E-state index is 13.5. The Morgan fingerprint density at radius 3 is 2.89 bits per heavy atom. The van der Waals surface area contributed by atoms with Crippen LogP contribution in [0.4, 0.5) is 10.1 Å². The molecule has 0 radical (unpaired) electrons. The van der Waals surface area contributed by atoms with Crippen molar-refractivity contribution < 1.29 is 14.1 Å². The molecule has 2 rings (SSSR count). The van der Waals surface area contributed by atoms with Gasteiger partial charge in [0.1, 0.15) is 11.6 Å². The first-order valence-electron chi connectivity index (χ1n) is 5.28. The SMILES string of the molecule is O=C(NCc1ncc[nH]1)c1ccc([N+](=O)[O-])cc1F. The van der Waals surface area contributed by atoms with E-state index in [0.29, 0.717) is 11.9 Å². The molecule has 0 spiro atoms. The summed E-state index contributed by atoms with van der Waals surface area (Å²) in [5, 5.41) is 12.9. The normalized spacial score (nSPS) is 10.2. The second-order valence-electron chi connectivity index (χ2n) is 3.64. The smallest absolute Gasteiger partial charge is 0.272 e. The lowest BCUT2D eigenvalue weighted by molar-refractivity contribution is -0.385. The number of nitro benzene ring substituents is 1. The first-order valence-corrected chi connectivity index (χ1v) is 5.28. The van der Waals surface area contributed by atoms with Crippen molar-refractivity contribution in [2.24, 2.45) is 0 Å². The Bertz CT molecular complexity index is 612. The van der Waals surface area contributed by atoms with E-state index in [9.17, 15) is 19.3 Å². The zero-order valence-corrected chi connectivity index (χ0v) is 9.59. The summed E-state index contributed by atoms with van der Waals surface area (Å²) in [6.45, 7) is 0.113. The molecule has 8 heteroatoms. The molecule has 0 aliphatic carbocycles. The molecule has 0 saturated heterocycles. The number of non-ortho nitro benzene ring substituents is 1. The van der Waals surface area contributed by atoms with Crippen LogP contribution in [0.5, 0.6) is 0 Å². The highest BCUT2D eigenvalue weighted by Gasteiger charge is 2.16. The average molecular weight is 264 g/mol. The lowest BCUT2D eigenvalue weighted by atomic mass is 10.2. The molecule has 0 aliphatic heterocycles. The number of hydrogen-bond acceptors (Lipinski definition) is 4. The molecule has 1 aromatic heterocycles. The van der Waals surface area contributed by atoms with Crippen LogP contribution in [0, 0.1) is 15.9 Å². The Morgan fingerprint density at radius 1 is 1.53 bits per heavy atom. The van der Waals surface area contributed by atoms with Gasteiger partial charge >= 0.3 is 0 Å². The highest BCUT2D eigenvalue weighted by atomic mass is 19.1. The number of carbonyl (C=O) groups is 1. The van der Waals surface area contributed by atoms with E-state index in [1.54, 1.807) is 6.20 Å². The summed E-state index contributed by atoms with van der Waals surface area (Å²) in [5.41, 5.74) is -0.655. The number of aromatic amines is 1. The summed E-state index contributed by atoms with van der Waals surface area (Å²) in [4.78, 5) is 28.1. The van der Waals surface area contributed by atoms with Crippen molar-refractivity contribution in [3.05, 3.63) is 57.9 Å². The Balaban J connectivity index is 2.09. The first kappa shape index (κ1) is 12.7. The van der Waals surface area contributed by atoms with E-state index < -0.39 is 22.3 Å². The molecular formula is C11H9FN4O3. The molecule has 2 N–H and O–H groups in total. The molecule has 19 heavy (non-hydrogen) atoms. The van der Waals surface area contributed by atoms with Crippen LogP contribution in [-0.4, -0.2) is 20.8 Å². The van der Waals surface area contributed by atoms with Crippen molar-refractivity contribution in [2.75, 3.05) is 0 Å². The standard InChI is InChI=1S/C11H9FN4O3/c12-9-5-7(16(18)19)1-2-8(9)11(17)15-6-10-13-3-4-14-10/h1-5H,6H2,(H,13,14)(H,15,17). The van der Waals surface area contributed by atoms with Gasteiger partial charge in [-0.05, 0) is 6.07 Å². The van der Waals surface area contributed by atoms with Crippen molar-refractivity contribution in [2.45, 2.75) is 6.54 Å². The van der Waals surface area contributed by atoms with Gasteiger partial charge in [-0.15, -0.1) is 0 Å². The lowest BCUT2D eigenvalue weighted by Crippen LogP contribution is -2.24. The molecule has 0 atom stereocenters. The molecule has 0 bridgehead atoms. The fourth-order valence-corrected chi connectivity index (χ4v) is 1.46. The Hall–Kier alpha value is -2.77. The summed E-state index contributed by atoms with van der Waals surface area (Å²) >= 11 is 0. The number of nitro groups is 1. The van der Waals surface area contributed by atoms with Gasteiger partial charge in [0.05, 0.1) is 23.1 Å². The zero-order valence-electron chi connectivity index (χ0n) is 9.59. The highest BCUT2D eigenvalue weighted by Crippen LogP contribution is 2.16. The Kier molecular flexibility index (Phi) is 3.51. The van der Waals surface area contributed by atoms with Crippen LogP contribution in [0.1, 0.15) is 16.2 Å². The highest BCUT2D eigenvalue weighted by molar-refractivity contribution is 5.94. The van der Waals surface area contributed by atoms with Crippen LogP contribution in [0.3, 0.4) is 0 Å². The predicted molar refractivity (Wildman–Crippen MR) is 62.8 cm³/mol. The van der Waals surface area contributed by atoms with Crippen molar-refractivity contribution in [1.82, 2.24) is 15.3 Å². The molecular weight excluding hydrogens is 255 g/mol. The van der Waals surface area contributed by atoms with Gasteiger partial charge in [-0.1, -0.05) is 0 Å². The molecule has 1 heterocycles. The van der Waals surface area contributed by atoms with Crippen LogP contribution in [0.2, 0.25) is 0 Å². The molecule has 1 aromatic carbocycles. The number of nitrogens with one attached hydrogen (secondary N) is 2. The van der Waals surface area contributed by atoms with Crippen LogP contribution in [0.25, 0.3) is 0 Å². The number of nitrogens with zero attached hydrogens (tertiary/aromatic N) is 2. The van der Waals surface area contributed by atoms with Gasteiger partial charge in [-0.3, -0.25) is 14.9 Å². The van der Waals surface area contributed by atoms with Gasteiger partial charge < -0.3 is 10.3 Å². The van der Waals surface area contributed by atoms with E-state index >= 15 is 0 Å². The van der Waals surface area contributed by atoms with E-state index in [4.69, 9.17) is 0 Å². The number of H-pyrrole nitrogens is 1. The number of carbonyl (C=O) groups excluding carboxylic acids is 1. The molecule has 7 nitrogen and oxygen atoms in total. The van der Waals surface area contributed by atoms with Crippen molar-refractivity contribution in [3.63, 3.8) is 0 Å². The number of amides is 1. The van der Waals surface area contributed by atoms with Gasteiger partial charge in [-0.2, -0.15) is 0 Å². The van der Waals surface area contributed by atoms with Gasteiger partial charge in [0.15, 0.2) is 0 Å². The third-order valence-corrected chi connectivity index (χ3v) is 2.38. The summed E-state index contributed by atoms with van der Waals surface area (Å²) in [6.07, 6.45) is 3.11. The van der Waals surface area contributed by atoms with Crippen molar-refractivity contribution in [3.8, 4) is 0 Å². The maximum Gasteiger partial charge on any atom is 0.272 e. The van der Waals surface area contributed by atoms with Gasteiger partial charge in [-0.25, -0.2) is 9.37 Å². The summed E-state index contributed by atoms with van der Waals surface area (Å²) < 4.78 is 13.5. The van der Waals surface area contributed by atoms with Crippen molar-refractivity contribution in [1.29, 1.82) is 0 Å². The van der Waals surface area contributed by atoms with E-state index in [1.807, 2.05) is 0 Å². The van der Waals surface area contributed by atoms with E-state index in [0.717, 1.165) is 12.1 Å². The minimum Gasteiger partial charge on any atom is -0.347 e. The second-order valence-corrected chi connectivity index (χ2v) is 3.64. The third-order valence-electron chi connectivity index (χ3n) is 2.38. The molecule has 1 amide bonds. The number of benzene rings is 1.